The molecule has 0 amide bonds. The molecule has 0 spiro atoms. The largest absolute Gasteiger partial charge is 0.285 e. The van der Waals surface area contributed by atoms with E-state index in [4.69, 9.17) is 0 Å². The molecule has 1 atom stereocenters. The van der Waals surface area contributed by atoms with Gasteiger partial charge in [0.15, 0.2) is 0 Å². The Hall–Kier alpha value is -2.35. The molecule has 0 aliphatic heterocycles. The fourth-order valence-corrected chi connectivity index (χ4v) is 11.3. The van der Waals surface area contributed by atoms with Crippen molar-refractivity contribution >= 4 is 47.2 Å². The van der Waals surface area contributed by atoms with Crippen LogP contribution in [0.5, 0.6) is 0 Å². The van der Waals surface area contributed by atoms with Gasteiger partial charge >= 0.3 is 0 Å². The summed E-state index contributed by atoms with van der Waals surface area (Å²) in [6.07, 6.45) is 1.05. The van der Waals surface area contributed by atoms with Gasteiger partial charge in [-0.2, -0.15) is 8.42 Å². The van der Waals surface area contributed by atoms with Crippen LogP contribution in [0.25, 0.3) is 0 Å². The Kier molecular flexibility index (Phi) is 8.06. The average molecular weight is 493 g/mol. The Morgan fingerprint density at radius 1 is 0.576 bits per heavy atom. The first-order valence-electron chi connectivity index (χ1n) is 10.8. The second-order valence-electron chi connectivity index (χ2n) is 7.62. The summed E-state index contributed by atoms with van der Waals surface area (Å²) in [5.74, 6) is 0. The van der Waals surface area contributed by atoms with Crippen molar-refractivity contribution in [2.75, 3.05) is 6.16 Å². The second-order valence-corrected chi connectivity index (χ2v) is 14.3. The van der Waals surface area contributed by atoms with Gasteiger partial charge in [-0.25, -0.2) is 0 Å². The second kappa shape index (κ2) is 11.2. The molecule has 1 unspecified atom stereocenters. The van der Waals surface area contributed by atoms with E-state index < -0.39 is 31.0 Å². The number of benzene rings is 4. The quantitative estimate of drug-likeness (QED) is 0.268. The Morgan fingerprint density at radius 3 is 1.24 bits per heavy atom. The van der Waals surface area contributed by atoms with E-state index in [-0.39, 0.29) is 0 Å². The van der Waals surface area contributed by atoms with Gasteiger partial charge in [0, 0.05) is 0 Å². The minimum atomic E-state index is -4.28. The zero-order valence-electron chi connectivity index (χ0n) is 18.1. The Bertz CT molecular complexity index is 1160. The van der Waals surface area contributed by atoms with Gasteiger partial charge in [-0.15, -0.1) is 0 Å². The van der Waals surface area contributed by atoms with Crippen molar-refractivity contribution in [3.8, 4) is 0 Å². The van der Waals surface area contributed by atoms with Crippen LogP contribution in [0, 0.1) is 0 Å². The SMILES string of the molecule is O=S(=O)(O)C(CCP(c1ccccc1)c1ccccc1)P(c1ccccc1)c1ccccc1. The van der Waals surface area contributed by atoms with Gasteiger partial charge in [-0.3, -0.25) is 4.55 Å². The molecular weight excluding hydrogens is 466 g/mol. The average Bonchev–Trinajstić information content (AvgIpc) is 2.85. The van der Waals surface area contributed by atoms with Crippen LogP contribution < -0.4 is 21.2 Å². The van der Waals surface area contributed by atoms with Crippen LogP contribution in [0.15, 0.2) is 121 Å². The van der Waals surface area contributed by atoms with Crippen molar-refractivity contribution in [1.82, 2.24) is 0 Å². The van der Waals surface area contributed by atoms with Gasteiger partial charge < -0.3 is 0 Å². The highest BCUT2D eigenvalue weighted by Gasteiger charge is 2.35. The lowest BCUT2D eigenvalue weighted by molar-refractivity contribution is 0.478. The van der Waals surface area contributed by atoms with Gasteiger partial charge in [0.25, 0.3) is 10.1 Å². The van der Waals surface area contributed by atoms with Crippen molar-refractivity contribution < 1.29 is 13.0 Å². The molecule has 0 fully saturated rings. The fourth-order valence-electron chi connectivity index (χ4n) is 3.93. The molecule has 3 nitrogen and oxygen atoms in total. The zero-order valence-corrected chi connectivity index (χ0v) is 20.7. The summed E-state index contributed by atoms with van der Waals surface area (Å²) in [4.78, 5) is -0.880. The van der Waals surface area contributed by atoms with Gasteiger partial charge in [0.05, 0.1) is 0 Å². The molecule has 0 aromatic heterocycles. The highest BCUT2D eigenvalue weighted by atomic mass is 32.2. The molecule has 168 valence electrons. The van der Waals surface area contributed by atoms with Crippen LogP contribution in [0.4, 0.5) is 0 Å². The number of rotatable bonds is 9. The molecule has 0 saturated carbocycles. The Labute approximate surface area is 198 Å². The first-order valence-corrected chi connectivity index (χ1v) is 15.2. The lowest BCUT2D eigenvalue weighted by Gasteiger charge is -2.28. The normalized spacial score (nSPS) is 12.7. The molecule has 0 aliphatic rings. The van der Waals surface area contributed by atoms with E-state index in [2.05, 4.69) is 24.3 Å². The van der Waals surface area contributed by atoms with E-state index in [1.807, 2.05) is 97.1 Å². The summed E-state index contributed by atoms with van der Waals surface area (Å²) < 4.78 is 36.0. The third-order valence-corrected chi connectivity index (χ3v) is 12.9. The smallest absolute Gasteiger partial charge is 0.272 e. The monoisotopic (exact) mass is 492 g/mol. The van der Waals surface area contributed by atoms with Crippen LogP contribution >= 0.6 is 15.8 Å². The number of hydrogen-bond acceptors (Lipinski definition) is 2. The van der Waals surface area contributed by atoms with Crippen molar-refractivity contribution in [2.45, 2.75) is 11.4 Å². The Balaban J connectivity index is 1.72. The minimum Gasteiger partial charge on any atom is -0.285 e. The molecule has 4 aromatic rings. The summed E-state index contributed by atoms with van der Waals surface area (Å²) in [5.41, 5.74) is 0. The maximum absolute atomic E-state index is 12.8. The molecule has 4 aromatic carbocycles. The van der Waals surface area contributed by atoms with E-state index in [1.165, 1.54) is 10.6 Å². The van der Waals surface area contributed by atoms with Gasteiger partial charge in [-0.1, -0.05) is 121 Å². The van der Waals surface area contributed by atoms with Crippen LogP contribution in [-0.2, 0) is 10.1 Å². The third-order valence-electron chi connectivity index (χ3n) is 5.44. The summed E-state index contributed by atoms with van der Waals surface area (Å²) in [7, 11) is -6.34. The highest BCUT2D eigenvalue weighted by molar-refractivity contribution is 7.97. The van der Waals surface area contributed by atoms with Crippen LogP contribution in [-0.4, -0.2) is 24.1 Å². The van der Waals surface area contributed by atoms with E-state index >= 15 is 0 Å². The van der Waals surface area contributed by atoms with Crippen LogP contribution in [0.2, 0.25) is 0 Å². The molecule has 0 aliphatic carbocycles. The van der Waals surface area contributed by atoms with Gasteiger partial charge in [-0.05, 0) is 49.6 Å². The van der Waals surface area contributed by atoms with E-state index in [1.54, 1.807) is 0 Å². The predicted molar refractivity (Wildman–Crippen MR) is 143 cm³/mol. The molecule has 0 saturated heterocycles. The first-order chi connectivity index (χ1) is 16.0. The lowest BCUT2D eigenvalue weighted by Crippen LogP contribution is -2.30. The molecule has 0 heterocycles. The van der Waals surface area contributed by atoms with Crippen LogP contribution in [0.3, 0.4) is 0 Å². The van der Waals surface area contributed by atoms with E-state index in [0.29, 0.717) is 12.6 Å². The molecule has 0 bridgehead atoms. The minimum absolute atomic E-state index is 0.379. The predicted octanol–water partition coefficient (Wildman–Crippen LogP) is 4.86. The standard InChI is InChI=1S/C27H26O3P2S/c28-33(29,30)27(32(25-17-9-3-10-18-25)26-19-11-4-12-20-26)21-22-31(23-13-5-1-6-14-23)24-15-7-2-8-16-24/h1-20,27H,21-22H2,(H,28,29,30). The third kappa shape index (κ3) is 6.16. The van der Waals surface area contributed by atoms with Crippen molar-refractivity contribution in [2.24, 2.45) is 0 Å². The summed E-state index contributed by atoms with van der Waals surface area (Å²) in [5, 5.41) is 4.31. The number of hydrogen-bond donors (Lipinski definition) is 1. The molecule has 1 N–H and O–H groups in total. The van der Waals surface area contributed by atoms with Crippen molar-refractivity contribution in [3.63, 3.8) is 0 Å². The molecule has 6 heteroatoms. The van der Waals surface area contributed by atoms with Gasteiger partial charge in [0.2, 0.25) is 0 Å². The van der Waals surface area contributed by atoms with Crippen molar-refractivity contribution in [3.05, 3.63) is 121 Å². The zero-order chi connectivity index (χ0) is 23.1. The lowest BCUT2D eigenvalue weighted by atomic mass is 10.4. The van der Waals surface area contributed by atoms with E-state index in [0.717, 1.165) is 10.6 Å². The topological polar surface area (TPSA) is 54.4 Å². The summed E-state index contributed by atoms with van der Waals surface area (Å²) >= 11 is 0. The maximum Gasteiger partial charge on any atom is 0.272 e. The highest BCUT2D eigenvalue weighted by Crippen LogP contribution is 2.46. The molecule has 4 rings (SSSR count). The van der Waals surface area contributed by atoms with Crippen LogP contribution in [0.1, 0.15) is 6.42 Å². The fraction of sp³-hybridized carbons (Fsp3) is 0.111. The molecule has 33 heavy (non-hydrogen) atoms. The summed E-state index contributed by atoms with van der Waals surface area (Å²) in [6.45, 7) is 0. The Morgan fingerprint density at radius 2 is 0.909 bits per heavy atom. The molecular formula is C27H26O3P2S. The van der Waals surface area contributed by atoms with Crippen molar-refractivity contribution in [1.29, 1.82) is 0 Å². The van der Waals surface area contributed by atoms with E-state index in [9.17, 15) is 13.0 Å². The molecule has 0 radical (unpaired) electrons. The maximum atomic E-state index is 12.8. The first kappa shape index (κ1) is 23.8. The van der Waals surface area contributed by atoms with Gasteiger partial charge in [0.1, 0.15) is 4.99 Å². The summed E-state index contributed by atoms with van der Waals surface area (Å²) in [6, 6.07) is 39.9.